The minimum Gasteiger partial charge on any atom is -0.478 e. The van der Waals surface area contributed by atoms with E-state index < -0.39 is 35.6 Å². The van der Waals surface area contributed by atoms with Gasteiger partial charge in [0.2, 0.25) is 6.79 Å². The number of hydrogen-bond donors (Lipinski definition) is 7. The molecular formula is C98H84F2N6O12. The Bertz CT molecular complexity index is 6370. The predicted molar refractivity (Wildman–Crippen MR) is 453 cm³/mol. The summed E-state index contributed by atoms with van der Waals surface area (Å²) in [5, 5.41) is 50.1. The molecular weight excluding hydrogens is 1490 g/mol. The largest absolute Gasteiger partial charge is 0.478 e. The molecule has 4 heterocycles. The third-order valence-corrected chi connectivity index (χ3v) is 22.0. The van der Waals surface area contributed by atoms with Gasteiger partial charge in [-0.1, -0.05) is 170 Å². The highest BCUT2D eigenvalue weighted by Gasteiger charge is 2.23. The number of aliphatic hydroxyl groups excluding tert-OH is 1. The van der Waals surface area contributed by atoms with Crippen LogP contribution in [0.5, 0.6) is 11.5 Å². The number of fused-ring (bicyclic) bond motifs is 4. The van der Waals surface area contributed by atoms with Gasteiger partial charge in [-0.05, 0) is 222 Å². The van der Waals surface area contributed by atoms with Crippen molar-refractivity contribution in [2.75, 3.05) is 13.4 Å². The maximum absolute atomic E-state index is 13.5. The predicted octanol–water partition coefficient (Wildman–Crippen LogP) is 19.3. The van der Waals surface area contributed by atoms with Gasteiger partial charge in [-0.3, -0.25) is 14.4 Å². The van der Waals surface area contributed by atoms with Crippen LogP contribution >= 0.6 is 0 Å². The fourth-order valence-corrected chi connectivity index (χ4v) is 15.1. The fourth-order valence-electron chi connectivity index (χ4n) is 15.1. The molecule has 118 heavy (non-hydrogen) atoms. The molecule has 18 nitrogen and oxygen atoms in total. The van der Waals surface area contributed by atoms with Crippen LogP contribution in [0.3, 0.4) is 0 Å². The van der Waals surface area contributed by atoms with E-state index in [0.29, 0.717) is 70.9 Å². The molecule has 0 bridgehead atoms. The molecule has 3 aromatic heterocycles. The van der Waals surface area contributed by atoms with Crippen molar-refractivity contribution in [3.05, 3.63) is 379 Å². The molecule has 3 amide bonds. The minimum absolute atomic E-state index is 0.0834. The number of carboxylic acid groups (broad SMARTS) is 3. The number of aliphatic hydroxyl groups is 1. The van der Waals surface area contributed by atoms with Crippen molar-refractivity contribution in [3.8, 4) is 44.9 Å². The molecule has 15 aromatic rings. The Balaban J connectivity index is 0.000000145. The maximum Gasteiger partial charge on any atom is 0.336 e. The van der Waals surface area contributed by atoms with E-state index in [1.54, 1.807) is 48.5 Å². The lowest BCUT2D eigenvalue weighted by molar-refractivity contribution is 0.0687. The summed E-state index contributed by atoms with van der Waals surface area (Å²) in [6.07, 6.45) is 0. The lowest BCUT2D eigenvalue weighted by Gasteiger charge is -2.17. The standard InChI is InChI=1S/C33H28N2O5.C33H30N2O4.C32H26F2N2O3/c1-20-21(2)35(18-22-7-10-24(11-8-22)26-5-3-4-6-27(26)33(37)38)29-13-12-25(16-28(20)29)32(36)34-17-23-9-14-30-31(15-23)40-19-39-30;1-21-22(2)35(19-23-12-14-24(15-13-23)27-10-6-7-11-28(27)33(38)39)31-17-16-26(18-29(21)31)32(37)34-30(20-36)25-8-4-3-5-9-25;1-19-20(2)36(18-21-7-10-23(11-8-21)25-5-3-4-6-26(25)32(38)39)30-14-12-24(16-27(19)30)31(37)35-17-22-9-13-28(33)29(34)15-22/h3-16H,17-19H2,1-2H3,(H,34,36)(H,37,38);3-18,30,36H,19-20H2,1-2H3,(H,34,37)(H,38,39);3-16H,17-18H2,1-2H3,(H,35,37)(H,38,39)/t;30-;/m.0./s1. The van der Waals surface area contributed by atoms with E-state index in [0.717, 1.165) is 129 Å². The van der Waals surface area contributed by atoms with Crippen LogP contribution in [0.25, 0.3) is 66.1 Å². The number of nitrogens with zero attached hydrogens (tertiary/aromatic N) is 3. The van der Waals surface area contributed by atoms with E-state index in [-0.39, 0.29) is 54.4 Å². The zero-order chi connectivity index (χ0) is 83.0. The number of carbonyl (C=O) groups excluding carboxylic acids is 3. The van der Waals surface area contributed by atoms with Crippen molar-refractivity contribution in [2.45, 2.75) is 80.3 Å². The number of aromatic carboxylic acids is 3. The molecule has 0 saturated heterocycles. The lowest BCUT2D eigenvalue weighted by Crippen LogP contribution is -2.30. The number of benzene rings is 12. The highest BCUT2D eigenvalue weighted by Crippen LogP contribution is 2.36. The Morgan fingerprint density at radius 1 is 0.373 bits per heavy atom. The summed E-state index contributed by atoms with van der Waals surface area (Å²) in [5.74, 6) is -3.98. The van der Waals surface area contributed by atoms with Crippen molar-refractivity contribution in [1.29, 1.82) is 0 Å². The van der Waals surface area contributed by atoms with Crippen LogP contribution in [-0.2, 0) is 32.7 Å². The van der Waals surface area contributed by atoms with E-state index >= 15 is 0 Å². The molecule has 0 spiro atoms. The zero-order valence-electron chi connectivity index (χ0n) is 65.6. The van der Waals surface area contributed by atoms with E-state index in [1.165, 1.54) is 6.07 Å². The molecule has 0 saturated carbocycles. The third-order valence-electron chi connectivity index (χ3n) is 22.0. The Morgan fingerprint density at radius 3 is 1.10 bits per heavy atom. The molecule has 20 heteroatoms. The smallest absolute Gasteiger partial charge is 0.336 e. The van der Waals surface area contributed by atoms with Crippen LogP contribution in [-0.4, -0.2) is 83.2 Å². The van der Waals surface area contributed by atoms with Gasteiger partial charge in [-0.15, -0.1) is 0 Å². The lowest BCUT2D eigenvalue weighted by atomic mass is 9.99. The number of carbonyl (C=O) groups is 6. The second-order valence-corrected chi connectivity index (χ2v) is 29.1. The molecule has 7 N–H and O–H groups in total. The average Bonchev–Trinajstić information content (AvgIpc) is 1.63. The van der Waals surface area contributed by atoms with Gasteiger partial charge in [0.1, 0.15) is 0 Å². The van der Waals surface area contributed by atoms with Gasteiger partial charge in [0.15, 0.2) is 23.1 Å². The van der Waals surface area contributed by atoms with Gasteiger partial charge in [0, 0.05) is 99.2 Å². The molecule has 16 rings (SSSR count). The molecule has 0 fully saturated rings. The summed E-state index contributed by atoms with van der Waals surface area (Å²) >= 11 is 0. The second-order valence-electron chi connectivity index (χ2n) is 29.1. The first-order valence-corrected chi connectivity index (χ1v) is 38.4. The highest BCUT2D eigenvalue weighted by molar-refractivity contribution is 6.03. The van der Waals surface area contributed by atoms with E-state index in [2.05, 4.69) is 57.3 Å². The molecule has 1 atom stereocenters. The molecule has 592 valence electrons. The number of halogens is 2. The molecule has 0 unspecified atom stereocenters. The van der Waals surface area contributed by atoms with E-state index in [4.69, 9.17) is 9.47 Å². The minimum atomic E-state index is -0.961. The number of nitrogens with one attached hydrogen (secondary N) is 3. The van der Waals surface area contributed by atoms with Gasteiger partial charge in [-0.2, -0.15) is 0 Å². The average molecular weight is 1580 g/mol. The monoisotopic (exact) mass is 1570 g/mol. The fraction of sp³-hybridized carbons (Fsp3) is 0.143. The normalized spacial score (nSPS) is 11.7. The molecule has 12 aromatic carbocycles. The van der Waals surface area contributed by atoms with Crippen LogP contribution in [0.1, 0.15) is 135 Å². The van der Waals surface area contributed by atoms with E-state index in [1.807, 2.05) is 214 Å². The molecule has 0 radical (unpaired) electrons. The van der Waals surface area contributed by atoms with Crippen molar-refractivity contribution >= 4 is 68.3 Å². The van der Waals surface area contributed by atoms with Crippen LogP contribution in [0, 0.1) is 53.2 Å². The van der Waals surface area contributed by atoms with Gasteiger partial charge >= 0.3 is 17.9 Å². The number of rotatable bonds is 22. The van der Waals surface area contributed by atoms with Gasteiger partial charge in [-0.25, -0.2) is 23.2 Å². The van der Waals surface area contributed by atoms with Gasteiger partial charge < -0.3 is 59.6 Å². The van der Waals surface area contributed by atoms with Gasteiger partial charge in [0.05, 0.1) is 29.3 Å². The molecule has 1 aliphatic rings. The van der Waals surface area contributed by atoms with Crippen molar-refractivity contribution in [2.24, 2.45) is 0 Å². The quantitative estimate of drug-likeness (QED) is 0.0335. The summed E-state index contributed by atoms with van der Waals surface area (Å²) in [6.45, 7) is 14.8. The van der Waals surface area contributed by atoms with Crippen LogP contribution < -0.4 is 25.4 Å². The van der Waals surface area contributed by atoms with E-state index in [9.17, 15) is 58.0 Å². The zero-order valence-corrected chi connectivity index (χ0v) is 65.6. The molecule has 0 aliphatic carbocycles. The first-order chi connectivity index (χ1) is 57.0. The summed E-state index contributed by atoms with van der Waals surface area (Å²) < 4.78 is 44.1. The Kier molecular flexibility index (Phi) is 23.8. The Hall–Kier alpha value is -14.5. The number of aryl methyl sites for hydroxylation is 3. The summed E-state index contributed by atoms with van der Waals surface area (Å²) in [4.78, 5) is 73.7. The number of ether oxygens (including phenoxy) is 2. The van der Waals surface area contributed by atoms with Crippen molar-refractivity contribution in [1.82, 2.24) is 29.7 Å². The first kappa shape index (κ1) is 80.1. The number of aromatic nitrogens is 3. The SMILES string of the molecule is Cc1c(C)n(Cc2ccc(-c3ccccc3C(=O)O)cc2)c2ccc(C(=O)NCc3ccc(F)c(F)c3)cc12.Cc1c(C)n(Cc2ccc(-c3ccccc3C(=O)O)cc2)c2ccc(C(=O)NCc3ccc4c(c3)OCO4)cc12.Cc1c(C)n(Cc2ccc(-c3ccccc3C(=O)O)cc2)c2ccc(C(=O)N[C@@H](CO)c3ccccc3)cc12. The van der Waals surface area contributed by atoms with Crippen LogP contribution in [0.15, 0.2) is 267 Å². The topological polar surface area (TPSA) is 253 Å². The summed E-state index contributed by atoms with van der Waals surface area (Å²) in [5.41, 5.74) is 22.3. The molecule has 1 aliphatic heterocycles. The van der Waals surface area contributed by atoms with Crippen LogP contribution in [0.4, 0.5) is 8.78 Å². The van der Waals surface area contributed by atoms with Crippen LogP contribution in [0.2, 0.25) is 0 Å². The van der Waals surface area contributed by atoms with Crippen molar-refractivity contribution < 1.29 is 67.4 Å². The highest BCUT2D eigenvalue weighted by atomic mass is 19.2. The second kappa shape index (κ2) is 35.1. The number of amides is 3. The Morgan fingerprint density at radius 2 is 0.720 bits per heavy atom. The summed E-state index contributed by atoms with van der Waals surface area (Å²) in [7, 11) is 0. The van der Waals surface area contributed by atoms with Crippen molar-refractivity contribution in [3.63, 3.8) is 0 Å². The first-order valence-electron chi connectivity index (χ1n) is 38.4. The Labute approximate surface area is 679 Å². The summed E-state index contributed by atoms with van der Waals surface area (Å²) in [6, 6.07) is 80.0. The maximum atomic E-state index is 13.5. The van der Waals surface area contributed by atoms with Gasteiger partial charge in [0.25, 0.3) is 17.7 Å². The number of hydrogen-bond acceptors (Lipinski definition) is 9. The third kappa shape index (κ3) is 17.3. The number of carboxylic acids is 3.